The van der Waals surface area contributed by atoms with Gasteiger partial charge in [0, 0.05) is 19.3 Å². The number of likely N-dealkylation sites (tertiary alicyclic amines) is 1. The second kappa shape index (κ2) is 11.2. The maximum absolute atomic E-state index is 12.4. The lowest BCUT2D eigenvalue weighted by molar-refractivity contribution is 0.0757. The smallest absolute Gasteiger partial charge is 0.256 e. The normalized spacial score (nSPS) is 16.8. The van der Waals surface area contributed by atoms with Crippen molar-refractivity contribution in [1.82, 2.24) is 14.8 Å². The Morgan fingerprint density at radius 1 is 1.04 bits per heavy atom. The molecule has 0 bridgehead atoms. The van der Waals surface area contributed by atoms with E-state index in [9.17, 15) is 4.79 Å². The number of halogens is 1. The van der Waals surface area contributed by atoms with Crippen molar-refractivity contribution in [2.24, 2.45) is 5.92 Å². The average Bonchev–Trinajstić information content (AvgIpc) is 3.06. The number of nitrogens with zero attached hydrogens (tertiary/aromatic N) is 3. The van der Waals surface area contributed by atoms with Crippen LogP contribution in [-0.4, -0.2) is 40.3 Å². The summed E-state index contributed by atoms with van der Waals surface area (Å²) < 4.78 is 0. The van der Waals surface area contributed by atoms with E-state index in [-0.39, 0.29) is 18.3 Å². The molecule has 28 heavy (non-hydrogen) atoms. The minimum atomic E-state index is 0. The van der Waals surface area contributed by atoms with E-state index in [1.54, 1.807) is 6.20 Å². The van der Waals surface area contributed by atoms with Gasteiger partial charge in [-0.1, -0.05) is 44.2 Å². The molecule has 1 aromatic heterocycles. The average molecular weight is 402 g/mol. The Kier molecular flexibility index (Phi) is 8.94. The monoisotopic (exact) mass is 401 g/mol. The number of hydrogen-bond donors (Lipinski definition) is 0. The van der Waals surface area contributed by atoms with Gasteiger partial charge in [-0.2, -0.15) is 0 Å². The second-order valence-corrected chi connectivity index (χ2v) is 7.22. The molecule has 0 radical (unpaired) electrons. The molecule has 1 saturated heterocycles. The fourth-order valence-electron chi connectivity index (χ4n) is 3.98. The molecule has 0 atom stereocenters. The molecule has 0 spiro atoms. The molecule has 152 valence electrons. The highest BCUT2D eigenvalue weighted by Gasteiger charge is 2.28. The molecule has 1 fully saturated rings. The maximum atomic E-state index is 12.4. The van der Waals surface area contributed by atoms with Crippen molar-refractivity contribution in [1.29, 1.82) is 0 Å². The summed E-state index contributed by atoms with van der Waals surface area (Å²) in [5.41, 5.74) is 3.12. The molecule has 4 nitrogen and oxygen atoms in total. The molecule has 2 aliphatic rings. The first-order chi connectivity index (χ1) is 13.3. The fraction of sp³-hybridized carbons (Fsp3) is 0.478. The molecule has 2 aromatic rings. The van der Waals surface area contributed by atoms with Crippen LogP contribution in [0.25, 0.3) is 0 Å². The summed E-state index contributed by atoms with van der Waals surface area (Å²) in [5, 5.41) is 0. The van der Waals surface area contributed by atoms with Crippen LogP contribution in [0.5, 0.6) is 0 Å². The van der Waals surface area contributed by atoms with Gasteiger partial charge in [0.25, 0.3) is 5.91 Å². The van der Waals surface area contributed by atoms with Crippen LogP contribution >= 0.6 is 12.4 Å². The van der Waals surface area contributed by atoms with Crippen LogP contribution in [0.4, 0.5) is 0 Å². The van der Waals surface area contributed by atoms with E-state index in [1.807, 2.05) is 30.9 Å². The van der Waals surface area contributed by atoms with E-state index >= 15 is 0 Å². The summed E-state index contributed by atoms with van der Waals surface area (Å²) in [4.78, 5) is 21.3. The van der Waals surface area contributed by atoms with Crippen LogP contribution in [0.15, 0.2) is 48.7 Å². The zero-order chi connectivity index (χ0) is 19.1. The highest BCUT2D eigenvalue weighted by molar-refractivity contribution is 5.97. The van der Waals surface area contributed by atoms with Crippen molar-refractivity contribution in [3.05, 3.63) is 65.5 Å². The standard InChI is InChI=1S/C21H25N3O.C2H6.ClH/c25-21-19-7-4-11-22-20(19)16-24(21)14-10-17-8-12-23(13-9-17)15-18-5-2-1-3-6-18;1-2;/h1-7,11,17H,8-10,12-16H2;1-2H3;1H. The summed E-state index contributed by atoms with van der Waals surface area (Å²) >= 11 is 0. The van der Waals surface area contributed by atoms with E-state index < -0.39 is 0 Å². The first-order valence-corrected chi connectivity index (χ1v) is 10.3. The molecular formula is C23H32ClN3O. The molecule has 0 unspecified atom stereocenters. The van der Waals surface area contributed by atoms with Crippen LogP contribution < -0.4 is 0 Å². The topological polar surface area (TPSA) is 36.4 Å². The van der Waals surface area contributed by atoms with Gasteiger partial charge in [0.2, 0.25) is 0 Å². The zero-order valence-corrected chi connectivity index (χ0v) is 17.8. The Labute approximate surface area is 175 Å². The van der Waals surface area contributed by atoms with Gasteiger partial charge in [-0.15, -0.1) is 12.4 Å². The number of pyridine rings is 1. The summed E-state index contributed by atoms with van der Waals surface area (Å²) in [5.74, 6) is 0.890. The number of fused-ring (bicyclic) bond motifs is 1. The minimum absolute atomic E-state index is 0. The number of hydrogen-bond acceptors (Lipinski definition) is 3. The zero-order valence-electron chi connectivity index (χ0n) is 17.0. The highest BCUT2D eigenvalue weighted by atomic mass is 35.5. The highest BCUT2D eigenvalue weighted by Crippen LogP contribution is 2.25. The lowest BCUT2D eigenvalue weighted by Crippen LogP contribution is -2.35. The summed E-state index contributed by atoms with van der Waals surface area (Å²) in [6.07, 6.45) is 5.36. The first-order valence-electron chi connectivity index (χ1n) is 10.3. The number of amides is 1. The van der Waals surface area contributed by atoms with Crippen LogP contribution in [0.3, 0.4) is 0 Å². The predicted molar refractivity (Wildman–Crippen MR) is 117 cm³/mol. The maximum Gasteiger partial charge on any atom is 0.256 e. The van der Waals surface area contributed by atoms with Gasteiger partial charge in [-0.3, -0.25) is 14.7 Å². The number of rotatable bonds is 5. The third-order valence-electron chi connectivity index (χ3n) is 5.51. The summed E-state index contributed by atoms with van der Waals surface area (Å²) in [7, 11) is 0. The molecule has 2 aliphatic heterocycles. The third-order valence-corrected chi connectivity index (χ3v) is 5.51. The van der Waals surface area contributed by atoms with Crippen molar-refractivity contribution in [3.63, 3.8) is 0 Å². The molecule has 3 heterocycles. The van der Waals surface area contributed by atoms with Crippen molar-refractivity contribution in [2.75, 3.05) is 19.6 Å². The molecule has 1 aromatic carbocycles. The molecule has 0 N–H and O–H groups in total. The largest absolute Gasteiger partial charge is 0.333 e. The van der Waals surface area contributed by atoms with E-state index in [2.05, 4.69) is 40.2 Å². The Balaban J connectivity index is 0.000000906. The fourth-order valence-corrected chi connectivity index (χ4v) is 3.98. The van der Waals surface area contributed by atoms with E-state index in [0.29, 0.717) is 6.54 Å². The van der Waals surface area contributed by atoms with Crippen molar-refractivity contribution in [3.8, 4) is 0 Å². The van der Waals surface area contributed by atoms with Crippen LogP contribution in [-0.2, 0) is 13.1 Å². The second-order valence-electron chi connectivity index (χ2n) is 7.22. The number of aromatic nitrogens is 1. The van der Waals surface area contributed by atoms with Crippen LogP contribution in [0.2, 0.25) is 0 Å². The summed E-state index contributed by atoms with van der Waals surface area (Å²) in [6.45, 7) is 8.92. The van der Waals surface area contributed by atoms with E-state index in [4.69, 9.17) is 0 Å². The number of piperidine rings is 1. The lowest BCUT2D eigenvalue weighted by Gasteiger charge is -2.32. The number of benzene rings is 1. The van der Waals surface area contributed by atoms with Crippen LogP contribution in [0.1, 0.15) is 54.7 Å². The van der Waals surface area contributed by atoms with Crippen molar-refractivity contribution < 1.29 is 4.79 Å². The molecule has 4 rings (SSSR count). The van der Waals surface area contributed by atoms with Crippen molar-refractivity contribution >= 4 is 18.3 Å². The molecule has 1 amide bonds. The number of carbonyl (C=O) groups is 1. The molecular weight excluding hydrogens is 370 g/mol. The van der Waals surface area contributed by atoms with E-state index in [0.717, 1.165) is 49.8 Å². The predicted octanol–water partition coefficient (Wildman–Crippen LogP) is 4.79. The first kappa shape index (κ1) is 22.4. The van der Waals surface area contributed by atoms with Gasteiger partial charge in [-0.25, -0.2) is 0 Å². The van der Waals surface area contributed by atoms with E-state index in [1.165, 1.54) is 18.4 Å². The van der Waals surface area contributed by atoms with Gasteiger partial charge < -0.3 is 4.90 Å². The molecule has 0 aliphatic carbocycles. The molecule has 0 saturated carbocycles. The van der Waals surface area contributed by atoms with Gasteiger partial charge in [0.1, 0.15) is 0 Å². The summed E-state index contributed by atoms with van der Waals surface area (Å²) in [6, 6.07) is 14.5. The van der Waals surface area contributed by atoms with Crippen LogP contribution in [0, 0.1) is 5.92 Å². The Morgan fingerprint density at radius 3 is 2.43 bits per heavy atom. The van der Waals surface area contributed by atoms with Gasteiger partial charge in [-0.05, 0) is 56.0 Å². The van der Waals surface area contributed by atoms with Gasteiger partial charge >= 0.3 is 0 Å². The Morgan fingerprint density at radius 2 is 1.75 bits per heavy atom. The SMILES string of the molecule is CC.Cl.O=C1c2cccnc2CN1CCC1CCN(Cc2ccccc2)CC1. The quantitative estimate of drug-likeness (QED) is 0.722. The van der Waals surface area contributed by atoms with Crippen molar-refractivity contribution in [2.45, 2.75) is 46.2 Å². The van der Waals surface area contributed by atoms with Gasteiger partial charge in [0.05, 0.1) is 17.8 Å². The molecule has 5 heteroatoms. The van der Waals surface area contributed by atoms with Gasteiger partial charge in [0.15, 0.2) is 0 Å². The Hall–Kier alpha value is -1.91. The Bertz CT molecular complexity index is 730. The number of carbonyl (C=O) groups excluding carboxylic acids is 1. The lowest BCUT2D eigenvalue weighted by atomic mass is 9.93. The minimum Gasteiger partial charge on any atom is -0.333 e. The third kappa shape index (κ3) is 5.55.